The van der Waals surface area contributed by atoms with E-state index in [9.17, 15) is 9.90 Å². The average molecular weight is 246 g/mol. The van der Waals surface area contributed by atoms with Gasteiger partial charge in [0.15, 0.2) is 0 Å². The Morgan fingerprint density at radius 2 is 2.06 bits per heavy atom. The van der Waals surface area contributed by atoms with Crippen molar-refractivity contribution >= 4 is 6.03 Å². The first-order chi connectivity index (χ1) is 7.92. The summed E-state index contributed by atoms with van der Waals surface area (Å²) in [5.74, 6) is 0. The Morgan fingerprint density at radius 1 is 1.47 bits per heavy atom. The standard InChI is InChI=1S/C11H22N2O4/c1-11(2,16)7-9(8-14)12-10(15)13-3-5-17-6-4-13/h9,14,16H,3-8H2,1-2H3,(H,12,15). The monoisotopic (exact) mass is 246 g/mol. The lowest BCUT2D eigenvalue weighted by molar-refractivity contribution is 0.0407. The minimum absolute atomic E-state index is 0.180. The first kappa shape index (κ1) is 14.2. The molecule has 1 atom stereocenters. The number of amides is 2. The molecule has 6 nitrogen and oxygen atoms in total. The summed E-state index contributed by atoms with van der Waals surface area (Å²) in [6.07, 6.45) is 0.319. The van der Waals surface area contributed by atoms with Crippen LogP contribution in [-0.4, -0.2) is 65.7 Å². The average Bonchev–Trinajstić information content (AvgIpc) is 2.27. The number of hydrogen-bond donors (Lipinski definition) is 3. The Bertz CT molecular complexity index is 246. The smallest absolute Gasteiger partial charge is 0.317 e. The lowest BCUT2D eigenvalue weighted by Crippen LogP contribution is -2.51. The van der Waals surface area contributed by atoms with E-state index in [2.05, 4.69) is 5.32 Å². The number of hydrogen-bond acceptors (Lipinski definition) is 4. The summed E-state index contributed by atoms with van der Waals surface area (Å²) in [5.41, 5.74) is -0.911. The van der Waals surface area contributed by atoms with Crippen molar-refractivity contribution in [1.29, 1.82) is 0 Å². The van der Waals surface area contributed by atoms with E-state index < -0.39 is 11.6 Å². The molecule has 1 heterocycles. The molecule has 0 saturated carbocycles. The number of urea groups is 1. The van der Waals surface area contributed by atoms with Crippen molar-refractivity contribution in [2.45, 2.75) is 31.9 Å². The molecule has 1 aliphatic rings. The van der Waals surface area contributed by atoms with Gasteiger partial charge >= 0.3 is 6.03 Å². The Labute approximate surface area is 102 Å². The molecule has 0 aromatic heterocycles. The van der Waals surface area contributed by atoms with Crippen LogP contribution in [0, 0.1) is 0 Å². The third kappa shape index (κ3) is 5.34. The first-order valence-corrected chi connectivity index (χ1v) is 5.89. The molecule has 17 heavy (non-hydrogen) atoms. The highest BCUT2D eigenvalue weighted by Crippen LogP contribution is 2.11. The molecular formula is C11H22N2O4. The number of carbonyl (C=O) groups is 1. The van der Waals surface area contributed by atoms with Crippen LogP contribution in [-0.2, 0) is 4.74 Å². The van der Waals surface area contributed by atoms with E-state index >= 15 is 0 Å². The van der Waals surface area contributed by atoms with Crippen LogP contribution in [0.4, 0.5) is 4.79 Å². The van der Waals surface area contributed by atoms with Crippen LogP contribution in [0.2, 0.25) is 0 Å². The van der Waals surface area contributed by atoms with E-state index in [4.69, 9.17) is 9.84 Å². The quantitative estimate of drug-likeness (QED) is 0.627. The predicted molar refractivity (Wildman–Crippen MR) is 62.7 cm³/mol. The largest absolute Gasteiger partial charge is 0.394 e. The van der Waals surface area contributed by atoms with Crippen LogP contribution in [0.5, 0.6) is 0 Å². The SMILES string of the molecule is CC(C)(O)CC(CO)NC(=O)N1CCOCC1. The maximum Gasteiger partial charge on any atom is 0.317 e. The number of nitrogens with one attached hydrogen (secondary N) is 1. The van der Waals surface area contributed by atoms with Crippen molar-refractivity contribution < 1.29 is 19.7 Å². The molecule has 1 aliphatic heterocycles. The predicted octanol–water partition coefficient (Wildman–Crippen LogP) is -0.450. The maximum atomic E-state index is 11.8. The normalized spacial score (nSPS) is 18.9. The van der Waals surface area contributed by atoms with E-state index in [0.717, 1.165) is 0 Å². The molecule has 1 unspecified atom stereocenters. The number of aliphatic hydroxyl groups excluding tert-OH is 1. The van der Waals surface area contributed by atoms with Crippen LogP contribution in [0.25, 0.3) is 0 Å². The molecule has 0 aromatic carbocycles. The second-order valence-electron chi connectivity index (χ2n) is 4.94. The van der Waals surface area contributed by atoms with Crippen LogP contribution < -0.4 is 5.32 Å². The number of ether oxygens (including phenoxy) is 1. The van der Waals surface area contributed by atoms with Gasteiger partial charge in [0, 0.05) is 13.1 Å². The summed E-state index contributed by atoms with van der Waals surface area (Å²) in [7, 11) is 0. The summed E-state index contributed by atoms with van der Waals surface area (Å²) < 4.78 is 5.15. The molecular weight excluding hydrogens is 224 g/mol. The van der Waals surface area contributed by atoms with Gasteiger partial charge in [-0.15, -0.1) is 0 Å². The van der Waals surface area contributed by atoms with Crippen LogP contribution in [0.3, 0.4) is 0 Å². The van der Waals surface area contributed by atoms with Gasteiger partial charge in [-0.25, -0.2) is 4.79 Å². The van der Waals surface area contributed by atoms with Crippen molar-refractivity contribution in [1.82, 2.24) is 10.2 Å². The van der Waals surface area contributed by atoms with Gasteiger partial charge in [-0.3, -0.25) is 0 Å². The first-order valence-electron chi connectivity index (χ1n) is 5.89. The second-order valence-corrected chi connectivity index (χ2v) is 4.94. The zero-order valence-electron chi connectivity index (χ0n) is 10.5. The molecule has 100 valence electrons. The highest BCUT2D eigenvalue weighted by atomic mass is 16.5. The van der Waals surface area contributed by atoms with E-state index in [0.29, 0.717) is 32.7 Å². The van der Waals surface area contributed by atoms with Crippen molar-refractivity contribution in [2.24, 2.45) is 0 Å². The Morgan fingerprint density at radius 3 is 2.53 bits per heavy atom. The minimum Gasteiger partial charge on any atom is -0.394 e. The molecule has 0 aliphatic carbocycles. The Hall–Kier alpha value is -0.850. The molecule has 3 N–H and O–H groups in total. The fourth-order valence-corrected chi connectivity index (χ4v) is 1.80. The second kappa shape index (κ2) is 6.18. The fraction of sp³-hybridized carbons (Fsp3) is 0.909. The number of aliphatic hydroxyl groups is 2. The van der Waals surface area contributed by atoms with Crippen LogP contribution in [0.15, 0.2) is 0 Å². The molecule has 2 amide bonds. The summed E-state index contributed by atoms with van der Waals surface area (Å²) in [4.78, 5) is 13.5. The van der Waals surface area contributed by atoms with Gasteiger partial charge in [-0.2, -0.15) is 0 Å². The van der Waals surface area contributed by atoms with Gasteiger partial charge < -0.3 is 25.2 Å². The number of morpholine rings is 1. The Balaban J connectivity index is 2.41. The van der Waals surface area contributed by atoms with Gasteiger partial charge in [0.1, 0.15) is 0 Å². The third-order valence-electron chi connectivity index (χ3n) is 2.59. The van der Waals surface area contributed by atoms with E-state index in [1.165, 1.54) is 0 Å². The van der Waals surface area contributed by atoms with Crippen molar-refractivity contribution in [2.75, 3.05) is 32.9 Å². The van der Waals surface area contributed by atoms with E-state index in [1.54, 1.807) is 18.7 Å². The number of carbonyl (C=O) groups excluding carboxylic acids is 1. The minimum atomic E-state index is -0.911. The summed E-state index contributed by atoms with van der Waals surface area (Å²) in [6, 6.07) is -0.637. The van der Waals surface area contributed by atoms with E-state index in [1.807, 2.05) is 0 Å². The number of rotatable bonds is 4. The van der Waals surface area contributed by atoms with Gasteiger partial charge in [0.05, 0.1) is 31.5 Å². The van der Waals surface area contributed by atoms with Crippen LogP contribution in [0.1, 0.15) is 20.3 Å². The van der Waals surface area contributed by atoms with Gasteiger partial charge in [0.25, 0.3) is 0 Å². The van der Waals surface area contributed by atoms with Crippen molar-refractivity contribution in [3.8, 4) is 0 Å². The van der Waals surface area contributed by atoms with Crippen molar-refractivity contribution in [3.05, 3.63) is 0 Å². The van der Waals surface area contributed by atoms with Crippen molar-refractivity contribution in [3.63, 3.8) is 0 Å². The van der Waals surface area contributed by atoms with Gasteiger partial charge in [-0.1, -0.05) is 0 Å². The molecule has 1 fully saturated rings. The molecule has 0 bridgehead atoms. The zero-order valence-corrected chi connectivity index (χ0v) is 10.5. The molecule has 1 saturated heterocycles. The van der Waals surface area contributed by atoms with Gasteiger partial charge in [0.2, 0.25) is 0 Å². The fourth-order valence-electron chi connectivity index (χ4n) is 1.80. The van der Waals surface area contributed by atoms with Gasteiger partial charge in [-0.05, 0) is 20.3 Å². The molecule has 0 spiro atoms. The summed E-state index contributed by atoms with van der Waals surface area (Å²) in [5, 5.41) is 21.5. The topological polar surface area (TPSA) is 82.0 Å². The maximum absolute atomic E-state index is 11.8. The molecule has 1 rings (SSSR count). The number of nitrogens with zero attached hydrogens (tertiary/aromatic N) is 1. The zero-order chi connectivity index (χ0) is 12.9. The lowest BCUT2D eigenvalue weighted by Gasteiger charge is -2.30. The summed E-state index contributed by atoms with van der Waals surface area (Å²) in [6.45, 7) is 5.33. The molecule has 0 aromatic rings. The molecule has 0 radical (unpaired) electrons. The Kier molecular flexibility index (Phi) is 5.17. The van der Waals surface area contributed by atoms with Crippen LogP contribution >= 0.6 is 0 Å². The summed E-state index contributed by atoms with van der Waals surface area (Å²) >= 11 is 0. The van der Waals surface area contributed by atoms with E-state index in [-0.39, 0.29) is 12.6 Å². The lowest BCUT2D eigenvalue weighted by atomic mass is 10.00. The highest BCUT2D eigenvalue weighted by Gasteiger charge is 2.24. The third-order valence-corrected chi connectivity index (χ3v) is 2.59. The molecule has 6 heteroatoms. The highest BCUT2D eigenvalue weighted by molar-refractivity contribution is 5.74.